The van der Waals surface area contributed by atoms with Crippen LogP contribution in [-0.4, -0.2) is 90.4 Å². The number of hydrogen-bond acceptors (Lipinski definition) is 3. The standard InChI is InChI=1S/C13H25N4/c1-2-9-17-10-7-15-4-3-14-5-6-16(8-11-17)13(17)12(14)15/h12-13H,2-11H2,1H3/q+1. The van der Waals surface area contributed by atoms with Gasteiger partial charge in [0.05, 0.1) is 26.2 Å². The number of quaternary nitrogens is 1. The lowest BCUT2D eigenvalue weighted by Gasteiger charge is -2.54. The fourth-order valence-electron chi connectivity index (χ4n) is 4.90. The van der Waals surface area contributed by atoms with Crippen LogP contribution in [0.5, 0.6) is 0 Å². The van der Waals surface area contributed by atoms with Crippen LogP contribution >= 0.6 is 0 Å². The van der Waals surface area contributed by atoms with Gasteiger partial charge in [0.2, 0.25) is 0 Å². The summed E-state index contributed by atoms with van der Waals surface area (Å²) in [7, 11) is 0. The third kappa shape index (κ3) is 1.33. The first-order valence-electron chi connectivity index (χ1n) is 7.42. The molecular weight excluding hydrogens is 212 g/mol. The SMILES string of the molecule is CCC[N+]12CCN3CCN4CCN(CC1)C2C43. The molecule has 96 valence electrons. The first-order valence-corrected chi connectivity index (χ1v) is 7.42. The molecule has 17 heavy (non-hydrogen) atoms. The van der Waals surface area contributed by atoms with Crippen molar-refractivity contribution in [1.82, 2.24) is 14.7 Å². The normalized spacial score (nSPS) is 46.4. The lowest BCUT2D eigenvalue weighted by molar-refractivity contribution is -0.954. The number of nitrogens with zero attached hydrogens (tertiary/aromatic N) is 4. The molecule has 0 aromatic heterocycles. The maximum absolute atomic E-state index is 2.80. The highest BCUT2D eigenvalue weighted by atomic mass is 15.6. The van der Waals surface area contributed by atoms with E-state index in [2.05, 4.69) is 21.6 Å². The van der Waals surface area contributed by atoms with Gasteiger partial charge in [0, 0.05) is 32.7 Å². The van der Waals surface area contributed by atoms with Crippen LogP contribution in [0.25, 0.3) is 0 Å². The van der Waals surface area contributed by atoms with Gasteiger partial charge in [-0.2, -0.15) is 0 Å². The van der Waals surface area contributed by atoms with Gasteiger partial charge in [0.15, 0.2) is 6.17 Å². The zero-order valence-corrected chi connectivity index (χ0v) is 11.0. The van der Waals surface area contributed by atoms with Crippen molar-refractivity contribution in [3.05, 3.63) is 0 Å². The molecule has 0 spiro atoms. The zero-order valence-electron chi connectivity index (χ0n) is 11.0. The molecule has 0 saturated carbocycles. The molecule has 0 aromatic rings. The predicted molar refractivity (Wildman–Crippen MR) is 67.4 cm³/mol. The number of piperazine rings is 2. The van der Waals surface area contributed by atoms with Gasteiger partial charge in [-0.25, -0.2) is 4.90 Å². The summed E-state index contributed by atoms with van der Waals surface area (Å²) in [5, 5.41) is 0. The Hall–Kier alpha value is -0.160. The Morgan fingerprint density at radius 3 is 2.18 bits per heavy atom. The van der Waals surface area contributed by atoms with Gasteiger partial charge in [0.25, 0.3) is 0 Å². The van der Waals surface area contributed by atoms with Crippen LogP contribution < -0.4 is 0 Å². The Labute approximate surface area is 104 Å². The highest BCUT2D eigenvalue weighted by Crippen LogP contribution is 2.38. The quantitative estimate of drug-likeness (QED) is 0.617. The first-order chi connectivity index (χ1) is 8.34. The van der Waals surface area contributed by atoms with Crippen molar-refractivity contribution in [1.29, 1.82) is 0 Å². The van der Waals surface area contributed by atoms with E-state index in [9.17, 15) is 0 Å². The summed E-state index contributed by atoms with van der Waals surface area (Å²) in [5.74, 6) is 0. The molecule has 4 nitrogen and oxygen atoms in total. The second kappa shape index (κ2) is 3.67. The molecule has 0 aromatic carbocycles. The Morgan fingerprint density at radius 2 is 1.47 bits per heavy atom. The van der Waals surface area contributed by atoms with Crippen LogP contribution in [0.1, 0.15) is 13.3 Å². The molecule has 0 radical (unpaired) electrons. The molecule has 4 saturated heterocycles. The molecule has 4 heteroatoms. The van der Waals surface area contributed by atoms with Crippen molar-refractivity contribution >= 4 is 0 Å². The van der Waals surface area contributed by atoms with Gasteiger partial charge in [-0.15, -0.1) is 0 Å². The smallest absolute Gasteiger partial charge is 0.175 e. The van der Waals surface area contributed by atoms with Gasteiger partial charge in [-0.3, -0.25) is 9.80 Å². The Kier molecular flexibility index (Phi) is 2.32. The van der Waals surface area contributed by atoms with Crippen LogP contribution in [0.4, 0.5) is 0 Å². The van der Waals surface area contributed by atoms with Crippen LogP contribution in [0.15, 0.2) is 0 Å². The van der Waals surface area contributed by atoms with Gasteiger partial charge in [0.1, 0.15) is 6.17 Å². The summed E-state index contributed by atoms with van der Waals surface area (Å²) >= 11 is 0. The third-order valence-corrected chi connectivity index (χ3v) is 5.63. The van der Waals surface area contributed by atoms with E-state index in [-0.39, 0.29) is 0 Å². The van der Waals surface area contributed by atoms with Crippen molar-refractivity contribution in [3.8, 4) is 0 Å². The summed E-state index contributed by atoms with van der Waals surface area (Å²) < 4.78 is 1.41. The lowest BCUT2D eigenvalue weighted by atomic mass is 10.1. The van der Waals surface area contributed by atoms with Crippen LogP contribution in [0.2, 0.25) is 0 Å². The molecule has 3 unspecified atom stereocenters. The minimum atomic E-state index is 0.756. The fourth-order valence-corrected chi connectivity index (χ4v) is 4.90. The Bertz CT molecular complexity index is 315. The third-order valence-electron chi connectivity index (χ3n) is 5.63. The molecule has 0 bridgehead atoms. The van der Waals surface area contributed by atoms with Crippen molar-refractivity contribution in [2.75, 3.05) is 58.9 Å². The zero-order chi connectivity index (χ0) is 11.5. The van der Waals surface area contributed by atoms with Crippen molar-refractivity contribution in [3.63, 3.8) is 0 Å². The molecule has 0 amide bonds. The largest absolute Gasteiger partial charge is 0.304 e. The Balaban J connectivity index is 1.71. The average Bonchev–Trinajstić information content (AvgIpc) is 2.89. The van der Waals surface area contributed by atoms with E-state index in [1.54, 1.807) is 0 Å². The highest BCUT2D eigenvalue weighted by molar-refractivity contribution is 4.97. The topological polar surface area (TPSA) is 9.72 Å². The maximum Gasteiger partial charge on any atom is 0.175 e. The van der Waals surface area contributed by atoms with Gasteiger partial charge < -0.3 is 4.48 Å². The van der Waals surface area contributed by atoms with E-state index in [0.717, 1.165) is 12.3 Å². The summed E-state index contributed by atoms with van der Waals surface area (Å²) in [6.07, 6.45) is 2.91. The molecular formula is C13H25N4+. The first kappa shape index (κ1) is 10.7. The van der Waals surface area contributed by atoms with E-state index in [1.165, 1.54) is 69.8 Å². The van der Waals surface area contributed by atoms with Crippen LogP contribution in [0.3, 0.4) is 0 Å². The molecule has 0 N–H and O–H groups in total. The predicted octanol–water partition coefficient (Wildman–Crippen LogP) is -0.174. The lowest BCUT2D eigenvalue weighted by Crippen LogP contribution is -2.73. The van der Waals surface area contributed by atoms with E-state index < -0.39 is 0 Å². The molecule has 3 atom stereocenters. The average molecular weight is 237 g/mol. The van der Waals surface area contributed by atoms with E-state index in [4.69, 9.17) is 0 Å². The monoisotopic (exact) mass is 237 g/mol. The second-order valence-electron chi connectivity index (χ2n) is 6.32. The molecule has 0 aliphatic carbocycles. The van der Waals surface area contributed by atoms with Crippen molar-refractivity contribution < 1.29 is 4.48 Å². The molecule has 4 heterocycles. The van der Waals surface area contributed by atoms with Gasteiger partial charge in [-0.1, -0.05) is 6.92 Å². The summed E-state index contributed by atoms with van der Waals surface area (Å²) in [6, 6.07) is 0. The second-order valence-corrected chi connectivity index (χ2v) is 6.32. The molecule has 4 fully saturated rings. The van der Waals surface area contributed by atoms with E-state index in [1.807, 2.05) is 0 Å². The van der Waals surface area contributed by atoms with Crippen LogP contribution in [-0.2, 0) is 0 Å². The van der Waals surface area contributed by atoms with E-state index >= 15 is 0 Å². The summed E-state index contributed by atoms with van der Waals surface area (Å²) in [4.78, 5) is 8.32. The van der Waals surface area contributed by atoms with Gasteiger partial charge >= 0.3 is 0 Å². The minimum Gasteiger partial charge on any atom is -0.304 e. The molecule has 4 rings (SSSR count). The number of rotatable bonds is 2. The van der Waals surface area contributed by atoms with Crippen LogP contribution in [0, 0.1) is 0 Å². The highest BCUT2D eigenvalue weighted by Gasteiger charge is 2.59. The number of hydrogen-bond donors (Lipinski definition) is 0. The summed E-state index contributed by atoms with van der Waals surface area (Å²) in [6.45, 7) is 14.5. The molecule has 4 aliphatic rings. The van der Waals surface area contributed by atoms with Crippen molar-refractivity contribution in [2.24, 2.45) is 0 Å². The molecule has 4 aliphatic heterocycles. The van der Waals surface area contributed by atoms with Gasteiger partial charge in [-0.05, 0) is 6.42 Å². The Morgan fingerprint density at radius 1 is 0.882 bits per heavy atom. The summed E-state index contributed by atoms with van der Waals surface area (Å²) in [5.41, 5.74) is 0. The minimum absolute atomic E-state index is 0.756. The van der Waals surface area contributed by atoms with Crippen molar-refractivity contribution in [2.45, 2.75) is 25.7 Å². The van der Waals surface area contributed by atoms with E-state index in [0.29, 0.717) is 0 Å². The fraction of sp³-hybridized carbons (Fsp3) is 1.00. The maximum atomic E-state index is 2.80.